The normalized spacial score (nSPS) is 10.2. The molecular formula is C12H11ClN2O3. The molecule has 2 rings (SSSR count). The second-order valence-corrected chi connectivity index (χ2v) is 3.99. The lowest BCUT2D eigenvalue weighted by Gasteiger charge is -2.06. The van der Waals surface area contributed by atoms with Gasteiger partial charge >= 0.3 is 5.91 Å². The first-order valence-corrected chi connectivity index (χ1v) is 5.55. The van der Waals surface area contributed by atoms with E-state index in [1.54, 1.807) is 25.1 Å². The summed E-state index contributed by atoms with van der Waals surface area (Å²) in [5, 5.41) is 3.04. The number of aromatic nitrogens is 1. The van der Waals surface area contributed by atoms with Crippen molar-refractivity contribution in [3.05, 3.63) is 41.1 Å². The van der Waals surface area contributed by atoms with Crippen molar-refractivity contribution < 1.29 is 13.9 Å². The Bertz CT molecular complexity index is 580. The van der Waals surface area contributed by atoms with Gasteiger partial charge in [0, 0.05) is 5.69 Å². The van der Waals surface area contributed by atoms with Gasteiger partial charge < -0.3 is 14.5 Å². The highest BCUT2D eigenvalue weighted by Crippen LogP contribution is 2.27. The molecular weight excluding hydrogens is 256 g/mol. The molecule has 1 N–H and O–H groups in total. The van der Waals surface area contributed by atoms with Crippen LogP contribution in [0.15, 0.2) is 28.8 Å². The third-order valence-corrected chi connectivity index (χ3v) is 2.52. The quantitative estimate of drug-likeness (QED) is 0.928. The molecule has 0 radical (unpaired) electrons. The van der Waals surface area contributed by atoms with Crippen LogP contribution in [-0.2, 0) is 0 Å². The largest absolute Gasteiger partial charge is 0.495 e. The van der Waals surface area contributed by atoms with Gasteiger partial charge in [0.2, 0.25) is 0 Å². The number of oxazole rings is 1. The lowest BCUT2D eigenvalue weighted by atomic mass is 10.3. The molecule has 1 aromatic heterocycles. The van der Waals surface area contributed by atoms with Crippen molar-refractivity contribution in [1.29, 1.82) is 0 Å². The van der Waals surface area contributed by atoms with Crippen molar-refractivity contribution in [2.45, 2.75) is 6.92 Å². The van der Waals surface area contributed by atoms with Crippen LogP contribution in [0.5, 0.6) is 5.75 Å². The van der Waals surface area contributed by atoms with Crippen LogP contribution in [0, 0.1) is 6.92 Å². The minimum Gasteiger partial charge on any atom is -0.495 e. The number of hydrogen-bond acceptors (Lipinski definition) is 4. The number of anilines is 1. The molecule has 0 fully saturated rings. The van der Waals surface area contributed by atoms with Crippen LogP contribution >= 0.6 is 11.6 Å². The molecule has 0 atom stereocenters. The highest BCUT2D eigenvalue weighted by molar-refractivity contribution is 6.32. The van der Waals surface area contributed by atoms with Crippen molar-refractivity contribution in [2.75, 3.05) is 12.4 Å². The minimum absolute atomic E-state index is 0.0134. The third kappa shape index (κ3) is 2.62. The predicted octanol–water partition coefficient (Wildman–Crippen LogP) is 2.90. The van der Waals surface area contributed by atoms with Crippen molar-refractivity contribution in [3.63, 3.8) is 0 Å². The number of aryl methyl sites for hydroxylation is 1. The first kappa shape index (κ1) is 12.4. The molecule has 1 aromatic carbocycles. The Hall–Kier alpha value is -2.01. The highest BCUT2D eigenvalue weighted by atomic mass is 35.5. The molecule has 0 unspecified atom stereocenters. The van der Waals surface area contributed by atoms with Gasteiger partial charge in [-0.15, -0.1) is 0 Å². The smallest absolute Gasteiger partial charge is 0.311 e. The average molecular weight is 267 g/mol. The summed E-state index contributed by atoms with van der Waals surface area (Å²) >= 11 is 5.95. The van der Waals surface area contributed by atoms with Gasteiger partial charge in [-0.05, 0) is 25.1 Å². The number of hydrogen-bond donors (Lipinski definition) is 1. The van der Waals surface area contributed by atoms with Crippen molar-refractivity contribution >= 4 is 23.2 Å². The van der Waals surface area contributed by atoms with E-state index in [-0.39, 0.29) is 5.89 Å². The van der Waals surface area contributed by atoms with Crippen LogP contribution in [0.4, 0.5) is 5.69 Å². The van der Waals surface area contributed by atoms with E-state index in [9.17, 15) is 4.79 Å². The Kier molecular flexibility index (Phi) is 3.53. The fraction of sp³-hybridized carbons (Fsp3) is 0.167. The lowest BCUT2D eigenvalue weighted by Crippen LogP contribution is -2.12. The summed E-state index contributed by atoms with van der Waals surface area (Å²) in [6.07, 6.45) is 1.48. The standard InChI is InChI=1S/C12H11ClN2O3/c1-7-6-14-12(18-7)11(16)15-8-3-4-10(17-2)9(13)5-8/h3-6H,1-2H3,(H,15,16). The van der Waals surface area contributed by atoms with Gasteiger partial charge in [-0.25, -0.2) is 4.98 Å². The molecule has 0 aliphatic heterocycles. The van der Waals surface area contributed by atoms with E-state index in [1.807, 2.05) is 0 Å². The molecule has 1 amide bonds. The summed E-state index contributed by atoms with van der Waals surface area (Å²) in [5.74, 6) is 0.707. The van der Waals surface area contributed by atoms with Crippen molar-refractivity contribution in [1.82, 2.24) is 4.98 Å². The van der Waals surface area contributed by atoms with Crippen LogP contribution in [0.2, 0.25) is 5.02 Å². The number of amides is 1. The second-order valence-electron chi connectivity index (χ2n) is 3.58. The van der Waals surface area contributed by atoms with Crippen molar-refractivity contribution in [2.24, 2.45) is 0 Å². The summed E-state index contributed by atoms with van der Waals surface area (Å²) < 4.78 is 10.1. The average Bonchev–Trinajstić information content (AvgIpc) is 2.76. The van der Waals surface area contributed by atoms with Crippen LogP contribution in [0.25, 0.3) is 0 Å². The molecule has 94 valence electrons. The van der Waals surface area contributed by atoms with Gasteiger partial charge in [-0.2, -0.15) is 0 Å². The highest BCUT2D eigenvalue weighted by Gasteiger charge is 2.12. The van der Waals surface area contributed by atoms with Gasteiger partial charge in [0.1, 0.15) is 11.5 Å². The van der Waals surface area contributed by atoms with Gasteiger partial charge in [0.15, 0.2) is 0 Å². The van der Waals surface area contributed by atoms with Gasteiger partial charge in [-0.1, -0.05) is 11.6 Å². The van der Waals surface area contributed by atoms with Gasteiger partial charge in [0.25, 0.3) is 5.89 Å². The summed E-state index contributed by atoms with van der Waals surface area (Å²) in [6.45, 7) is 1.72. The molecule has 0 aliphatic rings. The van der Waals surface area contributed by atoms with E-state index in [4.69, 9.17) is 20.8 Å². The van der Waals surface area contributed by atoms with E-state index >= 15 is 0 Å². The second kappa shape index (κ2) is 5.10. The Morgan fingerprint density at radius 1 is 1.50 bits per heavy atom. The number of rotatable bonds is 3. The number of methoxy groups -OCH3 is 1. The zero-order valence-corrected chi connectivity index (χ0v) is 10.6. The molecule has 0 saturated heterocycles. The molecule has 18 heavy (non-hydrogen) atoms. The third-order valence-electron chi connectivity index (χ3n) is 2.23. The predicted molar refractivity (Wildman–Crippen MR) is 67.2 cm³/mol. The zero-order valence-electron chi connectivity index (χ0n) is 9.86. The summed E-state index contributed by atoms with van der Waals surface area (Å²) in [5.41, 5.74) is 0.543. The number of nitrogens with zero attached hydrogens (tertiary/aromatic N) is 1. The number of ether oxygens (including phenoxy) is 1. The Morgan fingerprint density at radius 2 is 2.28 bits per heavy atom. The number of carbonyl (C=O) groups is 1. The number of carbonyl (C=O) groups excluding carboxylic acids is 1. The fourth-order valence-electron chi connectivity index (χ4n) is 1.39. The van der Waals surface area contributed by atoms with Gasteiger partial charge in [-0.3, -0.25) is 4.79 Å². The van der Waals surface area contributed by atoms with E-state index < -0.39 is 5.91 Å². The minimum atomic E-state index is -0.427. The Labute approximate surface area is 109 Å². The molecule has 2 aromatic rings. The summed E-state index contributed by atoms with van der Waals surface area (Å²) in [7, 11) is 1.52. The molecule has 5 nitrogen and oxygen atoms in total. The number of halogens is 1. The number of benzene rings is 1. The van der Waals surface area contributed by atoms with E-state index in [0.717, 1.165) is 0 Å². The Balaban J connectivity index is 2.14. The summed E-state index contributed by atoms with van der Waals surface area (Å²) in [4.78, 5) is 15.6. The van der Waals surface area contributed by atoms with Crippen LogP contribution in [0.3, 0.4) is 0 Å². The van der Waals surface area contributed by atoms with Crippen LogP contribution in [-0.4, -0.2) is 18.0 Å². The first-order valence-electron chi connectivity index (χ1n) is 5.17. The SMILES string of the molecule is COc1ccc(NC(=O)c2ncc(C)o2)cc1Cl. The first-order chi connectivity index (χ1) is 8.60. The molecule has 0 spiro atoms. The molecule has 6 heteroatoms. The monoisotopic (exact) mass is 266 g/mol. The van der Waals surface area contributed by atoms with Crippen molar-refractivity contribution in [3.8, 4) is 5.75 Å². The fourth-order valence-corrected chi connectivity index (χ4v) is 1.65. The molecule has 0 aliphatic carbocycles. The van der Waals surface area contributed by atoms with Gasteiger partial charge in [0.05, 0.1) is 18.3 Å². The molecule has 0 saturated carbocycles. The number of nitrogens with one attached hydrogen (secondary N) is 1. The van der Waals surface area contributed by atoms with E-state index in [0.29, 0.717) is 22.2 Å². The lowest BCUT2D eigenvalue weighted by molar-refractivity contribution is 0.0989. The van der Waals surface area contributed by atoms with Crippen LogP contribution in [0.1, 0.15) is 16.4 Å². The topological polar surface area (TPSA) is 64.4 Å². The van der Waals surface area contributed by atoms with Crippen LogP contribution < -0.4 is 10.1 Å². The maximum Gasteiger partial charge on any atom is 0.311 e. The van der Waals surface area contributed by atoms with E-state index in [1.165, 1.54) is 13.3 Å². The molecule has 1 heterocycles. The maximum atomic E-state index is 11.8. The Morgan fingerprint density at radius 3 is 2.83 bits per heavy atom. The summed E-state index contributed by atoms with van der Waals surface area (Å²) in [6, 6.07) is 4.94. The maximum absolute atomic E-state index is 11.8. The molecule has 0 bridgehead atoms. The van der Waals surface area contributed by atoms with E-state index in [2.05, 4.69) is 10.3 Å². The zero-order chi connectivity index (χ0) is 13.1.